The first-order valence-electron chi connectivity index (χ1n) is 6.80. The molecule has 3 heterocycles. The molecule has 1 amide bonds. The Morgan fingerprint density at radius 2 is 2.25 bits per heavy atom. The van der Waals surface area contributed by atoms with Crippen LogP contribution in [0.5, 0.6) is 0 Å². The molecule has 104 valence electrons. The number of ether oxygens (including phenoxy) is 1. The van der Waals surface area contributed by atoms with Crippen LogP contribution in [0.2, 0.25) is 0 Å². The lowest BCUT2D eigenvalue weighted by Gasteiger charge is -2.17. The van der Waals surface area contributed by atoms with Gasteiger partial charge >= 0.3 is 5.97 Å². The van der Waals surface area contributed by atoms with Crippen LogP contribution in [0.25, 0.3) is 5.52 Å². The van der Waals surface area contributed by atoms with Gasteiger partial charge in [0.25, 0.3) is 0 Å². The number of rotatable bonds is 3. The van der Waals surface area contributed by atoms with Gasteiger partial charge in [0, 0.05) is 24.7 Å². The van der Waals surface area contributed by atoms with Crippen LogP contribution in [-0.2, 0) is 9.53 Å². The molecule has 0 unspecified atom stereocenters. The number of hydrogen-bond donors (Lipinski definition) is 0. The zero-order valence-corrected chi connectivity index (χ0v) is 11.3. The number of esters is 1. The molecule has 2 aromatic rings. The summed E-state index contributed by atoms with van der Waals surface area (Å²) in [6, 6.07) is 7.47. The lowest BCUT2D eigenvalue weighted by Crippen LogP contribution is -2.27. The Balaban J connectivity index is 2.17. The van der Waals surface area contributed by atoms with Crippen molar-refractivity contribution in [3.05, 3.63) is 36.0 Å². The van der Waals surface area contributed by atoms with Crippen molar-refractivity contribution >= 4 is 23.2 Å². The van der Waals surface area contributed by atoms with Gasteiger partial charge in [-0.05, 0) is 31.5 Å². The Kier molecular flexibility index (Phi) is 3.18. The summed E-state index contributed by atoms with van der Waals surface area (Å²) >= 11 is 0. The van der Waals surface area contributed by atoms with Crippen molar-refractivity contribution < 1.29 is 14.3 Å². The third-order valence-electron chi connectivity index (χ3n) is 3.48. The maximum absolute atomic E-state index is 12.1. The van der Waals surface area contributed by atoms with E-state index in [2.05, 4.69) is 0 Å². The van der Waals surface area contributed by atoms with E-state index in [9.17, 15) is 9.59 Å². The van der Waals surface area contributed by atoms with Gasteiger partial charge in [-0.15, -0.1) is 0 Å². The van der Waals surface area contributed by atoms with Gasteiger partial charge in [0.05, 0.1) is 6.61 Å². The van der Waals surface area contributed by atoms with Gasteiger partial charge in [-0.25, -0.2) is 4.79 Å². The first-order valence-corrected chi connectivity index (χ1v) is 6.80. The Morgan fingerprint density at radius 1 is 1.40 bits per heavy atom. The van der Waals surface area contributed by atoms with Crippen molar-refractivity contribution in [2.45, 2.75) is 19.8 Å². The number of aromatic nitrogens is 1. The van der Waals surface area contributed by atoms with Gasteiger partial charge in [-0.3, -0.25) is 9.69 Å². The van der Waals surface area contributed by atoms with E-state index in [0.717, 1.165) is 11.9 Å². The molecule has 3 rings (SSSR count). The third kappa shape index (κ3) is 1.95. The lowest BCUT2D eigenvalue weighted by atomic mass is 10.3. The molecule has 1 fully saturated rings. The molecule has 0 bridgehead atoms. The smallest absolute Gasteiger partial charge is 0.341 e. The summed E-state index contributed by atoms with van der Waals surface area (Å²) in [7, 11) is 0. The zero-order chi connectivity index (χ0) is 14.1. The molecule has 0 N–H and O–H groups in total. The molecule has 20 heavy (non-hydrogen) atoms. The summed E-state index contributed by atoms with van der Waals surface area (Å²) in [4.78, 5) is 25.8. The predicted octanol–water partition coefficient (Wildman–Crippen LogP) is 2.24. The Morgan fingerprint density at radius 3 is 2.95 bits per heavy atom. The van der Waals surface area contributed by atoms with Crippen LogP contribution in [0.4, 0.5) is 5.82 Å². The second-order valence-electron chi connectivity index (χ2n) is 4.75. The largest absolute Gasteiger partial charge is 0.462 e. The quantitative estimate of drug-likeness (QED) is 0.805. The molecule has 1 saturated heterocycles. The Bertz CT molecular complexity index is 675. The summed E-state index contributed by atoms with van der Waals surface area (Å²) in [5.74, 6) is 0.298. The monoisotopic (exact) mass is 272 g/mol. The summed E-state index contributed by atoms with van der Waals surface area (Å²) in [6.07, 6.45) is 3.21. The molecule has 1 aliphatic rings. The van der Waals surface area contributed by atoms with E-state index in [4.69, 9.17) is 4.74 Å². The van der Waals surface area contributed by atoms with Crippen LogP contribution in [0, 0.1) is 0 Å². The van der Waals surface area contributed by atoms with Crippen molar-refractivity contribution in [3.63, 3.8) is 0 Å². The van der Waals surface area contributed by atoms with E-state index in [1.807, 2.05) is 28.8 Å². The minimum Gasteiger partial charge on any atom is -0.462 e. The molecule has 1 aliphatic heterocycles. The van der Waals surface area contributed by atoms with Crippen molar-refractivity contribution in [1.82, 2.24) is 4.40 Å². The van der Waals surface area contributed by atoms with Crippen molar-refractivity contribution in [2.24, 2.45) is 0 Å². The first-order chi connectivity index (χ1) is 9.72. The SMILES string of the molecule is CCOC(=O)c1cc2ccccn2c1N1CCCC1=O. The van der Waals surface area contributed by atoms with E-state index in [1.165, 1.54) is 0 Å². The van der Waals surface area contributed by atoms with Crippen molar-refractivity contribution in [2.75, 3.05) is 18.1 Å². The van der Waals surface area contributed by atoms with E-state index in [0.29, 0.717) is 31.0 Å². The van der Waals surface area contributed by atoms with E-state index in [-0.39, 0.29) is 11.9 Å². The summed E-state index contributed by atoms with van der Waals surface area (Å²) in [5, 5.41) is 0. The summed E-state index contributed by atoms with van der Waals surface area (Å²) < 4.78 is 6.97. The summed E-state index contributed by atoms with van der Waals surface area (Å²) in [6.45, 7) is 2.74. The maximum atomic E-state index is 12.1. The van der Waals surface area contributed by atoms with Crippen LogP contribution in [0.1, 0.15) is 30.1 Å². The minimum absolute atomic E-state index is 0.0550. The summed E-state index contributed by atoms with van der Waals surface area (Å²) in [5.41, 5.74) is 1.33. The van der Waals surface area contributed by atoms with Gasteiger partial charge in [-0.1, -0.05) is 6.07 Å². The van der Waals surface area contributed by atoms with Crippen LogP contribution in [0.15, 0.2) is 30.5 Å². The lowest BCUT2D eigenvalue weighted by molar-refractivity contribution is -0.117. The highest BCUT2D eigenvalue weighted by Gasteiger charge is 2.29. The maximum Gasteiger partial charge on any atom is 0.341 e. The second-order valence-corrected chi connectivity index (χ2v) is 4.75. The van der Waals surface area contributed by atoms with E-state index >= 15 is 0 Å². The van der Waals surface area contributed by atoms with Crippen molar-refractivity contribution in [1.29, 1.82) is 0 Å². The Hall–Kier alpha value is -2.30. The van der Waals surface area contributed by atoms with Crippen LogP contribution < -0.4 is 4.90 Å². The molecule has 0 atom stereocenters. The minimum atomic E-state index is -0.383. The third-order valence-corrected chi connectivity index (χ3v) is 3.48. The van der Waals surface area contributed by atoms with Crippen LogP contribution in [-0.4, -0.2) is 29.4 Å². The highest BCUT2D eigenvalue weighted by atomic mass is 16.5. The number of amides is 1. The number of carbonyl (C=O) groups is 2. The van der Waals surface area contributed by atoms with Crippen LogP contribution >= 0.6 is 0 Å². The fraction of sp³-hybridized carbons (Fsp3) is 0.333. The average Bonchev–Trinajstić information content (AvgIpc) is 3.02. The number of pyridine rings is 1. The highest BCUT2D eigenvalue weighted by Crippen LogP contribution is 2.29. The molecule has 5 nitrogen and oxygen atoms in total. The average molecular weight is 272 g/mol. The number of anilines is 1. The topological polar surface area (TPSA) is 51.0 Å². The van der Waals surface area contributed by atoms with E-state index < -0.39 is 0 Å². The highest BCUT2D eigenvalue weighted by molar-refractivity contribution is 6.04. The van der Waals surface area contributed by atoms with Gasteiger partial charge in [0.2, 0.25) is 5.91 Å². The van der Waals surface area contributed by atoms with Gasteiger partial charge in [0.15, 0.2) is 0 Å². The molecule has 0 radical (unpaired) electrons. The molecule has 0 aromatic carbocycles. The van der Waals surface area contributed by atoms with Gasteiger partial charge in [0.1, 0.15) is 11.4 Å². The van der Waals surface area contributed by atoms with Gasteiger partial charge in [-0.2, -0.15) is 0 Å². The standard InChI is InChI=1S/C15H16N2O3/c1-2-20-15(19)12-10-11-6-3-4-8-16(11)14(12)17-9-5-7-13(17)18/h3-4,6,8,10H,2,5,7,9H2,1H3. The van der Waals surface area contributed by atoms with Crippen LogP contribution in [0.3, 0.4) is 0 Å². The Labute approximate surface area is 116 Å². The molecule has 2 aromatic heterocycles. The van der Waals surface area contributed by atoms with E-state index in [1.54, 1.807) is 17.9 Å². The first kappa shape index (κ1) is 12.7. The molecule has 5 heteroatoms. The number of nitrogens with zero attached hydrogens (tertiary/aromatic N) is 2. The van der Waals surface area contributed by atoms with Gasteiger partial charge < -0.3 is 9.14 Å². The number of fused-ring (bicyclic) bond motifs is 1. The predicted molar refractivity (Wildman–Crippen MR) is 74.9 cm³/mol. The second kappa shape index (κ2) is 5.00. The molecule has 0 saturated carbocycles. The molecular formula is C15H16N2O3. The zero-order valence-electron chi connectivity index (χ0n) is 11.3. The molecular weight excluding hydrogens is 256 g/mol. The van der Waals surface area contributed by atoms with Crippen molar-refractivity contribution in [3.8, 4) is 0 Å². The fourth-order valence-corrected chi connectivity index (χ4v) is 2.62. The molecule has 0 aliphatic carbocycles. The molecule has 0 spiro atoms. The number of carbonyl (C=O) groups excluding carboxylic acids is 2. The normalized spacial score (nSPS) is 15.1. The number of hydrogen-bond acceptors (Lipinski definition) is 3. The fourth-order valence-electron chi connectivity index (χ4n) is 2.62.